The van der Waals surface area contributed by atoms with Crippen LogP contribution in [-0.4, -0.2) is 54.7 Å². The van der Waals surface area contributed by atoms with E-state index in [1.165, 1.54) is 4.90 Å². The molecule has 0 aliphatic heterocycles. The van der Waals surface area contributed by atoms with E-state index in [1.54, 1.807) is 34.7 Å². The van der Waals surface area contributed by atoms with Crippen LogP contribution in [-0.2, 0) is 30.4 Å². The Kier molecular flexibility index (Phi) is 10.4. The van der Waals surface area contributed by atoms with Crippen LogP contribution >= 0.6 is 0 Å². The van der Waals surface area contributed by atoms with E-state index in [9.17, 15) is 14.4 Å². The molecule has 7 nitrogen and oxygen atoms in total. The Morgan fingerprint density at radius 2 is 1.76 bits per heavy atom. The fourth-order valence-electron chi connectivity index (χ4n) is 2.61. The first-order chi connectivity index (χ1) is 13.6. The zero-order valence-electron chi connectivity index (χ0n) is 18.1. The summed E-state index contributed by atoms with van der Waals surface area (Å²) < 4.78 is 15.9. The fourth-order valence-corrected chi connectivity index (χ4v) is 2.61. The number of carbonyl (C=O) groups is 3. The molecule has 1 rings (SSSR count). The van der Waals surface area contributed by atoms with Crippen molar-refractivity contribution in [3.8, 4) is 0 Å². The lowest BCUT2D eigenvalue weighted by molar-refractivity contribution is -0.145. The zero-order chi connectivity index (χ0) is 21.9. The number of carbonyl (C=O) groups excluding carboxylic acids is 3. The van der Waals surface area contributed by atoms with Gasteiger partial charge < -0.3 is 19.1 Å². The molecule has 0 radical (unpaired) electrons. The summed E-state index contributed by atoms with van der Waals surface area (Å²) in [6.07, 6.45) is -0.355. The lowest BCUT2D eigenvalue weighted by atomic mass is 10.0. The minimum absolute atomic E-state index is 0.0310. The molecule has 0 bridgehead atoms. The average molecular weight is 408 g/mol. The van der Waals surface area contributed by atoms with Crippen molar-refractivity contribution in [3.05, 3.63) is 35.9 Å². The van der Waals surface area contributed by atoms with Crippen LogP contribution in [0.1, 0.15) is 52.5 Å². The van der Waals surface area contributed by atoms with Gasteiger partial charge in [-0.1, -0.05) is 30.3 Å². The SMILES string of the molecule is CCOC(=O)CC(=O)CC(CCOCc1ccccc1)N(C)C(=O)OC(C)(C)C. The maximum Gasteiger partial charge on any atom is 0.410 e. The largest absolute Gasteiger partial charge is 0.466 e. The van der Waals surface area contributed by atoms with E-state index in [2.05, 4.69) is 0 Å². The van der Waals surface area contributed by atoms with Crippen LogP contribution < -0.4 is 0 Å². The normalized spacial score (nSPS) is 12.2. The molecule has 0 saturated heterocycles. The van der Waals surface area contributed by atoms with E-state index >= 15 is 0 Å². The number of ether oxygens (including phenoxy) is 3. The maximum absolute atomic E-state index is 12.4. The molecule has 1 aromatic carbocycles. The second-order valence-electron chi connectivity index (χ2n) is 7.80. The molecule has 0 heterocycles. The number of nitrogens with zero attached hydrogens (tertiary/aromatic N) is 1. The summed E-state index contributed by atoms with van der Waals surface area (Å²) in [6, 6.07) is 9.30. The summed E-state index contributed by atoms with van der Waals surface area (Å²) in [5, 5.41) is 0. The highest BCUT2D eigenvalue weighted by Gasteiger charge is 2.27. The van der Waals surface area contributed by atoms with Crippen LogP contribution in [0.25, 0.3) is 0 Å². The topological polar surface area (TPSA) is 82.1 Å². The van der Waals surface area contributed by atoms with Gasteiger partial charge in [-0.25, -0.2) is 4.79 Å². The molecule has 1 atom stereocenters. The van der Waals surface area contributed by atoms with Gasteiger partial charge in [-0.15, -0.1) is 0 Å². The van der Waals surface area contributed by atoms with Crippen molar-refractivity contribution in [2.45, 2.75) is 65.2 Å². The third-order valence-electron chi connectivity index (χ3n) is 4.05. The molecule has 1 aromatic rings. The number of rotatable bonds is 11. The van der Waals surface area contributed by atoms with Crippen molar-refractivity contribution in [1.29, 1.82) is 0 Å². The minimum atomic E-state index is -0.644. The van der Waals surface area contributed by atoms with Gasteiger partial charge in [0.15, 0.2) is 0 Å². The Hall–Kier alpha value is -2.41. The molecule has 0 spiro atoms. The Labute approximate surface area is 173 Å². The number of Topliss-reactive ketones (excluding diaryl/α,β-unsaturated/α-hetero) is 1. The first kappa shape index (κ1) is 24.6. The number of amides is 1. The molecular formula is C22H33NO6. The van der Waals surface area contributed by atoms with Crippen molar-refractivity contribution >= 4 is 17.8 Å². The van der Waals surface area contributed by atoms with E-state index < -0.39 is 23.7 Å². The highest BCUT2D eigenvalue weighted by molar-refractivity contribution is 5.95. The summed E-state index contributed by atoms with van der Waals surface area (Å²) in [4.78, 5) is 37.7. The van der Waals surface area contributed by atoms with Crippen LogP contribution in [0.2, 0.25) is 0 Å². The Morgan fingerprint density at radius 3 is 2.34 bits per heavy atom. The molecule has 1 unspecified atom stereocenters. The van der Waals surface area contributed by atoms with Gasteiger partial charge in [0.05, 0.1) is 13.2 Å². The van der Waals surface area contributed by atoms with Crippen LogP contribution in [0, 0.1) is 0 Å². The fraction of sp³-hybridized carbons (Fsp3) is 0.591. The quantitative estimate of drug-likeness (QED) is 0.316. The van der Waals surface area contributed by atoms with Crippen LogP contribution in [0.15, 0.2) is 30.3 Å². The second-order valence-corrected chi connectivity index (χ2v) is 7.80. The van der Waals surface area contributed by atoms with E-state index in [0.29, 0.717) is 19.6 Å². The third kappa shape index (κ3) is 10.6. The third-order valence-corrected chi connectivity index (χ3v) is 4.05. The summed E-state index contributed by atoms with van der Waals surface area (Å²) >= 11 is 0. The van der Waals surface area contributed by atoms with Gasteiger partial charge in [-0.05, 0) is 39.7 Å². The van der Waals surface area contributed by atoms with E-state index in [1.807, 2.05) is 30.3 Å². The maximum atomic E-state index is 12.4. The summed E-state index contributed by atoms with van der Waals surface area (Å²) in [5.74, 6) is -0.844. The van der Waals surface area contributed by atoms with Crippen molar-refractivity contribution in [2.24, 2.45) is 0 Å². The predicted octanol–water partition coefficient (Wildman–Crippen LogP) is 3.74. The monoisotopic (exact) mass is 407 g/mol. The van der Waals surface area contributed by atoms with Gasteiger partial charge in [0.2, 0.25) is 0 Å². The Bertz CT molecular complexity index is 653. The highest BCUT2D eigenvalue weighted by atomic mass is 16.6. The van der Waals surface area contributed by atoms with E-state index in [0.717, 1.165) is 5.56 Å². The summed E-state index contributed by atoms with van der Waals surface area (Å²) in [5.41, 5.74) is 0.400. The van der Waals surface area contributed by atoms with Gasteiger partial charge >= 0.3 is 12.1 Å². The van der Waals surface area contributed by atoms with Crippen LogP contribution in [0.4, 0.5) is 4.79 Å². The predicted molar refractivity (Wildman–Crippen MR) is 109 cm³/mol. The molecule has 29 heavy (non-hydrogen) atoms. The lowest BCUT2D eigenvalue weighted by Gasteiger charge is -2.30. The number of esters is 1. The van der Waals surface area contributed by atoms with Crippen molar-refractivity contribution in [1.82, 2.24) is 4.90 Å². The van der Waals surface area contributed by atoms with Crippen molar-refractivity contribution < 1.29 is 28.6 Å². The van der Waals surface area contributed by atoms with Crippen LogP contribution in [0.3, 0.4) is 0 Å². The number of benzene rings is 1. The number of ketones is 1. The Balaban J connectivity index is 2.66. The standard InChI is InChI=1S/C22H33NO6/c1-6-28-20(25)15-19(24)14-18(23(5)21(26)29-22(2,3)4)12-13-27-16-17-10-8-7-9-11-17/h7-11,18H,6,12-16H2,1-5H3. The molecule has 0 aliphatic rings. The van der Waals surface area contributed by atoms with Crippen LogP contribution in [0.5, 0.6) is 0 Å². The van der Waals surface area contributed by atoms with E-state index in [4.69, 9.17) is 14.2 Å². The van der Waals surface area contributed by atoms with E-state index in [-0.39, 0.29) is 25.2 Å². The minimum Gasteiger partial charge on any atom is -0.466 e. The molecular weight excluding hydrogens is 374 g/mol. The molecule has 0 N–H and O–H groups in total. The summed E-state index contributed by atoms with van der Waals surface area (Å²) in [6.45, 7) is 8.06. The first-order valence-corrected chi connectivity index (χ1v) is 9.87. The molecule has 7 heteroatoms. The summed E-state index contributed by atoms with van der Waals surface area (Å²) in [7, 11) is 1.59. The van der Waals surface area contributed by atoms with Gasteiger partial charge in [0.25, 0.3) is 0 Å². The average Bonchev–Trinajstić information content (AvgIpc) is 2.63. The smallest absolute Gasteiger partial charge is 0.410 e. The molecule has 162 valence electrons. The van der Waals surface area contributed by atoms with Gasteiger partial charge in [0, 0.05) is 26.1 Å². The van der Waals surface area contributed by atoms with Gasteiger partial charge in [-0.2, -0.15) is 0 Å². The highest BCUT2D eigenvalue weighted by Crippen LogP contribution is 2.16. The number of hydrogen-bond donors (Lipinski definition) is 0. The second kappa shape index (κ2) is 12.2. The molecule has 0 saturated carbocycles. The number of hydrogen-bond acceptors (Lipinski definition) is 6. The molecule has 0 aliphatic carbocycles. The van der Waals surface area contributed by atoms with Gasteiger partial charge in [0.1, 0.15) is 17.8 Å². The molecule has 1 amide bonds. The Morgan fingerprint density at radius 1 is 1.10 bits per heavy atom. The lowest BCUT2D eigenvalue weighted by Crippen LogP contribution is -2.42. The van der Waals surface area contributed by atoms with Gasteiger partial charge in [-0.3, -0.25) is 9.59 Å². The molecule has 0 fully saturated rings. The van der Waals surface area contributed by atoms with Crippen molar-refractivity contribution in [3.63, 3.8) is 0 Å². The zero-order valence-corrected chi connectivity index (χ0v) is 18.1. The first-order valence-electron chi connectivity index (χ1n) is 9.87. The van der Waals surface area contributed by atoms with Crippen molar-refractivity contribution in [2.75, 3.05) is 20.3 Å². The molecule has 0 aromatic heterocycles.